The summed E-state index contributed by atoms with van der Waals surface area (Å²) in [7, 11) is 0. The summed E-state index contributed by atoms with van der Waals surface area (Å²) in [4.78, 5) is 11.3. The van der Waals surface area contributed by atoms with Gasteiger partial charge in [-0.1, -0.05) is 0 Å². The normalized spacial score (nSPS) is 11.0. The van der Waals surface area contributed by atoms with E-state index in [1.165, 1.54) is 18.2 Å². The van der Waals surface area contributed by atoms with Gasteiger partial charge in [-0.15, -0.1) is 0 Å². The van der Waals surface area contributed by atoms with Crippen molar-refractivity contribution in [2.24, 2.45) is 0 Å². The molecule has 2 aromatic carbocycles. The minimum Gasteiger partial charge on any atom is -0.463 e. The third-order valence-electron chi connectivity index (χ3n) is 2.87. The monoisotopic (exact) mass is 315 g/mol. The van der Waals surface area contributed by atoms with Crippen LogP contribution in [0.15, 0.2) is 60.3 Å². The summed E-state index contributed by atoms with van der Waals surface area (Å²) in [6.45, 7) is 3.88. The van der Waals surface area contributed by atoms with Crippen LogP contribution in [0.5, 0.6) is 11.5 Å². The minimum atomic E-state index is -0.381. The Balaban J connectivity index is 1.96. The molecule has 0 saturated heterocycles. The average molecular weight is 315 g/mol. The van der Waals surface area contributed by atoms with Crippen LogP contribution in [0.1, 0.15) is 13.8 Å². The van der Waals surface area contributed by atoms with E-state index in [0.717, 1.165) is 5.69 Å². The molecule has 0 bridgehead atoms. The van der Waals surface area contributed by atoms with E-state index in [1.807, 2.05) is 12.1 Å². The largest absolute Gasteiger partial charge is 0.463 e. The fourth-order valence-electron chi connectivity index (χ4n) is 1.87. The average Bonchev–Trinajstić information content (AvgIpc) is 2.51. The fraction of sp³-hybridized carbons (Fsp3) is 0.167. The zero-order valence-corrected chi connectivity index (χ0v) is 13.0. The lowest BCUT2D eigenvalue weighted by Crippen LogP contribution is -2.04. The molecule has 0 aromatic heterocycles. The molecule has 0 fully saturated rings. The molecule has 2 aromatic rings. The quantitative estimate of drug-likeness (QED) is 0.630. The van der Waals surface area contributed by atoms with Crippen molar-refractivity contribution in [1.82, 2.24) is 0 Å². The van der Waals surface area contributed by atoms with E-state index < -0.39 is 0 Å². The zero-order valence-electron chi connectivity index (χ0n) is 13.0. The second-order valence-electron chi connectivity index (χ2n) is 4.78. The highest BCUT2D eigenvalue weighted by molar-refractivity contribution is 5.83. The lowest BCUT2D eigenvalue weighted by Gasteiger charge is -2.09. The van der Waals surface area contributed by atoms with Gasteiger partial charge in [-0.3, -0.25) is 0 Å². The number of carbonyl (C=O) groups is 1. The fourth-order valence-corrected chi connectivity index (χ4v) is 1.87. The molecule has 0 radical (unpaired) electrons. The van der Waals surface area contributed by atoms with Gasteiger partial charge in [0, 0.05) is 17.5 Å². The molecule has 0 aliphatic rings. The maximum Gasteiger partial charge on any atom is 0.332 e. The van der Waals surface area contributed by atoms with E-state index >= 15 is 0 Å². The van der Waals surface area contributed by atoms with Crippen molar-refractivity contribution < 1.29 is 18.7 Å². The minimum absolute atomic E-state index is 0.305. The first-order valence-corrected chi connectivity index (χ1v) is 7.22. The van der Waals surface area contributed by atoms with Gasteiger partial charge in [-0.2, -0.15) is 0 Å². The second kappa shape index (κ2) is 7.98. The number of allylic oxidation sites excluding steroid dienone is 1. The molecule has 120 valence electrons. The number of nitrogens with one attached hydrogen (secondary N) is 1. The van der Waals surface area contributed by atoms with Gasteiger partial charge in [0.25, 0.3) is 0 Å². The highest BCUT2D eigenvalue weighted by atomic mass is 19.1. The van der Waals surface area contributed by atoms with E-state index in [4.69, 9.17) is 9.47 Å². The summed E-state index contributed by atoms with van der Waals surface area (Å²) in [5.74, 6) is 0.509. The van der Waals surface area contributed by atoms with Crippen molar-refractivity contribution in [3.63, 3.8) is 0 Å². The van der Waals surface area contributed by atoms with Crippen molar-refractivity contribution in [2.45, 2.75) is 13.8 Å². The SMILES string of the molecule is CCOC(=O)C=C(C)Nc1ccc(Oc2ccc(F)cc2)cc1. The predicted molar refractivity (Wildman–Crippen MR) is 86.9 cm³/mol. The number of anilines is 1. The summed E-state index contributed by atoms with van der Waals surface area (Å²) >= 11 is 0. The second-order valence-corrected chi connectivity index (χ2v) is 4.78. The van der Waals surface area contributed by atoms with E-state index in [-0.39, 0.29) is 11.8 Å². The summed E-state index contributed by atoms with van der Waals surface area (Å²) in [6.07, 6.45) is 1.40. The van der Waals surface area contributed by atoms with Crippen LogP contribution in [-0.4, -0.2) is 12.6 Å². The Bertz CT molecular complexity index is 678. The molecule has 1 N–H and O–H groups in total. The van der Waals surface area contributed by atoms with E-state index in [1.54, 1.807) is 38.1 Å². The van der Waals surface area contributed by atoms with Crippen molar-refractivity contribution in [2.75, 3.05) is 11.9 Å². The molecular formula is C18H18FNO3. The molecule has 0 aliphatic carbocycles. The van der Waals surface area contributed by atoms with Crippen molar-refractivity contribution in [3.05, 3.63) is 66.1 Å². The number of hydrogen-bond acceptors (Lipinski definition) is 4. The molecular weight excluding hydrogens is 297 g/mol. The standard InChI is InChI=1S/C18H18FNO3/c1-3-22-18(21)12-13(2)20-15-6-10-17(11-7-15)23-16-8-4-14(19)5-9-16/h4-12,20H,3H2,1-2H3. The first kappa shape index (κ1) is 16.5. The van der Waals surface area contributed by atoms with Crippen LogP contribution in [0.3, 0.4) is 0 Å². The molecule has 0 unspecified atom stereocenters. The number of rotatable bonds is 6. The Hall–Kier alpha value is -2.82. The van der Waals surface area contributed by atoms with Crippen LogP contribution in [0.25, 0.3) is 0 Å². The molecule has 5 heteroatoms. The molecule has 0 spiro atoms. The summed E-state index contributed by atoms with van der Waals surface area (Å²) in [6, 6.07) is 13.0. The van der Waals surface area contributed by atoms with Crippen molar-refractivity contribution in [3.8, 4) is 11.5 Å². The summed E-state index contributed by atoms with van der Waals surface area (Å²) < 4.78 is 23.3. The van der Waals surface area contributed by atoms with Crippen LogP contribution in [-0.2, 0) is 9.53 Å². The van der Waals surface area contributed by atoms with Crippen LogP contribution >= 0.6 is 0 Å². The predicted octanol–water partition coefficient (Wildman–Crippen LogP) is 4.50. The topological polar surface area (TPSA) is 47.6 Å². The third-order valence-corrected chi connectivity index (χ3v) is 2.87. The Morgan fingerprint density at radius 1 is 1.09 bits per heavy atom. The molecule has 0 aliphatic heterocycles. The van der Waals surface area contributed by atoms with Gasteiger partial charge in [0.2, 0.25) is 0 Å². The number of halogens is 1. The Morgan fingerprint density at radius 3 is 2.22 bits per heavy atom. The van der Waals surface area contributed by atoms with Crippen molar-refractivity contribution in [1.29, 1.82) is 0 Å². The van der Waals surface area contributed by atoms with Gasteiger partial charge in [0.1, 0.15) is 17.3 Å². The number of esters is 1. The first-order chi connectivity index (χ1) is 11.1. The van der Waals surface area contributed by atoms with Gasteiger partial charge in [-0.05, 0) is 62.4 Å². The summed E-state index contributed by atoms with van der Waals surface area (Å²) in [5.41, 5.74) is 1.49. The molecule has 23 heavy (non-hydrogen) atoms. The van der Waals surface area contributed by atoms with Crippen LogP contribution in [0.2, 0.25) is 0 Å². The number of carbonyl (C=O) groups excluding carboxylic acids is 1. The Morgan fingerprint density at radius 2 is 1.65 bits per heavy atom. The molecule has 0 heterocycles. The number of benzene rings is 2. The molecule has 4 nitrogen and oxygen atoms in total. The van der Waals surface area contributed by atoms with Gasteiger partial charge in [0.05, 0.1) is 6.61 Å². The first-order valence-electron chi connectivity index (χ1n) is 7.22. The highest BCUT2D eigenvalue weighted by Gasteiger charge is 2.01. The molecule has 0 atom stereocenters. The Labute approximate surface area is 134 Å². The van der Waals surface area contributed by atoms with Gasteiger partial charge < -0.3 is 14.8 Å². The van der Waals surface area contributed by atoms with Crippen LogP contribution < -0.4 is 10.1 Å². The molecule has 0 saturated carbocycles. The van der Waals surface area contributed by atoms with E-state index in [9.17, 15) is 9.18 Å². The maximum atomic E-state index is 12.8. The lowest BCUT2D eigenvalue weighted by atomic mass is 10.3. The number of ether oxygens (including phenoxy) is 2. The van der Waals surface area contributed by atoms with Gasteiger partial charge in [0.15, 0.2) is 0 Å². The Kier molecular flexibility index (Phi) is 5.74. The number of hydrogen-bond donors (Lipinski definition) is 1. The highest BCUT2D eigenvalue weighted by Crippen LogP contribution is 2.23. The van der Waals surface area contributed by atoms with Crippen molar-refractivity contribution >= 4 is 11.7 Å². The smallest absolute Gasteiger partial charge is 0.332 e. The maximum absolute atomic E-state index is 12.8. The summed E-state index contributed by atoms with van der Waals surface area (Å²) in [5, 5.41) is 3.08. The molecule has 0 amide bonds. The van der Waals surface area contributed by atoms with Crippen LogP contribution in [0, 0.1) is 5.82 Å². The molecule has 2 rings (SSSR count). The van der Waals surface area contributed by atoms with Crippen LogP contribution in [0.4, 0.5) is 10.1 Å². The third kappa shape index (κ3) is 5.47. The van der Waals surface area contributed by atoms with E-state index in [2.05, 4.69) is 5.32 Å². The lowest BCUT2D eigenvalue weighted by molar-refractivity contribution is -0.137. The zero-order chi connectivity index (χ0) is 16.7. The van der Waals surface area contributed by atoms with Gasteiger partial charge in [-0.25, -0.2) is 9.18 Å². The van der Waals surface area contributed by atoms with E-state index in [0.29, 0.717) is 23.8 Å². The van der Waals surface area contributed by atoms with Gasteiger partial charge >= 0.3 is 5.97 Å².